The number of rotatable bonds is 3. The molecule has 2 aliphatic rings. The Morgan fingerprint density at radius 2 is 1.88 bits per heavy atom. The second-order valence-corrected chi connectivity index (χ2v) is 7.28. The molecule has 2 aromatic rings. The molecule has 1 atom stereocenters. The first-order valence-electron chi connectivity index (χ1n) is 9.34. The molecule has 0 radical (unpaired) electrons. The summed E-state index contributed by atoms with van der Waals surface area (Å²) in [6.07, 6.45) is 6.79. The number of benzene rings is 1. The van der Waals surface area contributed by atoms with Gasteiger partial charge in [-0.15, -0.1) is 0 Å². The van der Waals surface area contributed by atoms with Crippen LogP contribution in [0, 0.1) is 17.6 Å². The van der Waals surface area contributed by atoms with Gasteiger partial charge in [0.25, 0.3) is 0 Å². The van der Waals surface area contributed by atoms with Gasteiger partial charge >= 0.3 is 0 Å². The fraction of sp³-hybridized carbons (Fsp3) is 0.500. The summed E-state index contributed by atoms with van der Waals surface area (Å²) in [6.45, 7) is 1.41. The number of anilines is 1. The van der Waals surface area contributed by atoms with Gasteiger partial charge < -0.3 is 10.0 Å². The summed E-state index contributed by atoms with van der Waals surface area (Å²) in [5.74, 6) is -0.435. The van der Waals surface area contributed by atoms with E-state index in [4.69, 9.17) is 4.98 Å². The molecule has 1 aromatic carbocycles. The van der Waals surface area contributed by atoms with E-state index in [0.717, 1.165) is 42.7 Å². The fourth-order valence-electron chi connectivity index (χ4n) is 4.03. The molecule has 1 aliphatic carbocycles. The zero-order chi connectivity index (χ0) is 18.1. The summed E-state index contributed by atoms with van der Waals surface area (Å²) in [4.78, 5) is 11.4. The maximum Gasteiger partial charge on any atom is 0.225 e. The minimum atomic E-state index is -0.989. The first kappa shape index (κ1) is 17.3. The average Bonchev–Trinajstić information content (AvgIpc) is 2.69. The number of aliphatic hydroxyl groups excluding tert-OH is 1. The van der Waals surface area contributed by atoms with Crippen molar-refractivity contribution in [3.8, 4) is 0 Å². The van der Waals surface area contributed by atoms with Gasteiger partial charge in [0.2, 0.25) is 5.95 Å². The third-order valence-corrected chi connectivity index (χ3v) is 5.60. The quantitative estimate of drug-likeness (QED) is 0.910. The Morgan fingerprint density at radius 3 is 2.69 bits per heavy atom. The van der Waals surface area contributed by atoms with Crippen LogP contribution in [-0.2, 0) is 12.8 Å². The van der Waals surface area contributed by atoms with Crippen molar-refractivity contribution in [2.45, 2.75) is 44.6 Å². The number of aliphatic hydroxyl groups is 1. The lowest BCUT2D eigenvalue weighted by atomic mass is 9.87. The molecule has 0 saturated carbocycles. The molecule has 1 aromatic heterocycles. The number of aromatic nitrogens is 2. The predicted octanol–water partition coefficient (Wildman–Crippen LogP) is 3.58. The monoisotopic (exact) mass is 359 g/mol. The molecule has 1 fully saturated rings. The van der Waals surface area contributed by atoms with Crippen LogP contribution in [0.5, 0.6) is 0 Å². The predicted molar refractivity (Wildman–Crippen MR) is 94.9 cm³/mol. The molecule has 138 valence electrons. The summed E-state index contributed by atoms with van der Waals surface area (Å²) in [6, 6.07) is 3.24. The maximum atomic E-state index is 13.9. The highest BCUT2D eigenvalue weighted by molar-refractivity contribution is 5.35. The third kappa shape index (κ3) is 3.43. The van der Waals surface area contributed by atoms with E-state index < -0.39 is 17.7 Å². The highest BCUT2D eigenvalue weighted by Gasteiger charge is 2.29. The van der Waals surface area contributed by atoms with Crippen LogP contribution in [-0.4, -0.2) is 28.2 Å². The Balaban J connectivity index is 1.43. The maximum absolute atomic E-state index is 13.9. The summed E-state index contributed by atoms with van der Waals surface area (Å²) >= 11 is 0. The first-order chi connectivity index (χ1) is 12.6. The lowest BCUT2D eigenvalue weighted by Gasteiger charge is -2.34. The number of halogens is 2. The van der Waals surface area contributed by atoms with Crippen LogP contribution >= 0.6 is 0 Å². The molecule has 0 amide bonds. The molecule has 26 heavy (non-hydrogen) atoms. The molecule has 0 spiro atoms. The van der Waals surface area contributed by atoms with E-state index in [1.807, 2.05) is 6.20 Å². The Labute approximate surface area is 151 Å². The lowest BCUT2D eigenvalue weighted by Crippen LogP contribution is -2.37. The highest BCUT2D eigenvalue weighted by atomic mass is 19.1. The van der Waals surface area contributed by atoms with E-state index in [1.165, 1.54) is 18.4 Å². The molecule has 1 saturated heterocycles. The number of nitrogens with zero attached hydrogens (tertiary/aromatic N) is 3. The molecule has 4 rings (SSSR count). The van der Waals surface area contributed by atoms with Crippen molar-refractivity contribution < 1.29 is 13.9 Å². The van der Waals surface area contributed by atoms with Crippen molar-refractivity contribution in [1.29, 1.82) is 0 Å². The van der Waals surface area contributed by atoms with Crippen molar-refractivity contribution in [1.82, 2.24) is 9.97 Å². The fourth-order valence-corrected chi connectivity index (χ4v) is 4.03. The number of fused-ring (bicyclic) bond motifs is 1. The van der Waals surface area contributed by atoms with Gasteiger partial charge in [0.15, 0.2) is 0 Å². The van der Waals surface area contributed by atoms with Gasteiger partial charge in [-0.2, -0.15) is 0 Å². The Bertz CT molecular complexity index is 791. The Kier molecular flexibility index (Phi) is 4.85. The smallest absolute Gasteiger partial charge is 0.225 e. The van der Waals surface area contributed by atoms with Crippen molar-refractivity contribution >= 4 is 5.95 Å². The van der Waals surface area contributed by atoms with Crippen LogP contribution in [0.2, 0.25) is 0 Å². The second kappa shape index (κ2) is 7.27. The Morgan fingerprint density at radius 1 is 1.12 bits per heavy atom. The number of hydrogen-bond donors (Lipinski definition) is 1. The van der Waals surface area contributed by atoms with Crippen LogP contribution in [0.3, 0.4) is 0 Å². The molecule has 6 heteroatoms. The zero-order valence-electron chi connectivity index (χ0n) is 14.7. The van der Waals surface area contributed by atoms with Crippen molar-refractivity contribution in [3.63, 3.8) is 0 Å². The van der Waals surface area contributed by atoms with E-state index in [0.29, 0.717) is 25.9 Å². The molecule has 1 N–H and O–H groups in total. The van der Waals surface area contributed by atoms with Crippen molar-refractivity contribution in [3.05, 3.63) is 52.9 Å². The van der Waals surface area contributed by atoms with Crippen LogP contribution in [0.15, 0.2) is 24.4 Å². The minimum Gasteiger partial charge on any atom is -0.388 e. The van der Waals surface area contributed by atoms with Crippen LogP contribution < -0.4 is 4.90 Å². The summed E-state index contributed by atoms with van der Waals surface area (Å²) in [5.41, 5.74) is 2.46. The standard InChI is InChI=1S/C20H23F2N3O/c21-15-5-6-17(22)16(11-15)19(26)13-7-9-25(10-8-13)20-23-12-14-3-1-2-4-18(14)24-20/h5-6,11-13,19,26H,1-4,7-10H2. The number of hydrogen-bond acceptors (Lipinski definition) is 4. The Hall–Kier alpha value is -2.08. The van der Waals surface area contributed by atoms with Gasteiger partial charge in [-0.05, 0) is 68.2 Å². The number of aryl methyl sites for hydroxylation is 2. The summed E-state index contributed by atoms with van der Waals surface area (Å²) in [7, 11) is 0. The van der Waals surface area contributed by atoms with Gasteiger partial charge in [-0.25, -0.2) is 18.7 Å². The van der Waals surface area contributed by atoms with Crippen LogP contribution in [0.4, 0.5) is 14.7 Å². The molecule has 0 bridgehead atoms. The van der Waals surface area contributed by atoms with Gasteiger partial charge in [0, 0.05) is 30.5 Å². The van der Waals surface area contributed by atoms with Gasteiger partial charge in [-0.3, -0.25) is 0 Å². The normalized spacial score (nSPS) is 19.3. The lowest BCUT2D eigenvalue weighted by molar-refractivity contribution is 0.0890. The highest BCUT2D eigenvalue weighted by Crippen LogP contribution is 2.33. The van der Waals surface area contributed by atoms with Gasteiger partial charge in [-0.1, -0.05) is 0 Å². The second-order valence-electron chi connectivity index (χ2n) is 7.28. The van der Waals surface area contributed by atoms with Gasteiger partial charge in [0.05, 0.1) is 6.10 Å². The molecule has 1 aliphatic heterocycles. The van der Waals surface area contributed by atoms with E-state index in [-0.39, 0.29) is 11.5 Å². The van der Waals surface area contributed by atoms with E-state index in [2.05, 4.69) is 9.88 Å². The van der Waals surface area contributed by atoms with Crippen LogP contribution in [0.25, 0.3) is 0 Å². The number of piperidine rings is 1. The molecule has 1 unspecified atom stereocenters. The summed E-state index contributed by atoms with van der Waals surface area (Å²) in [5, 5.41) is 10.5. The van der Waals surface area contributed by atoms with E-state index >= 15 is 0 Å². The zero-order valence-corrected chi connectivity index (χ0v) is 14.7. The average molecular weight is 359 g/mol. The van der Waals surface area contributed by atoms with Gasteiger partial charge in [0.1, 0.15) is 11.6 Å². The first-order valence-corrected chi connectivity index (χ1v) is 9.34. The largest absolute Gasteiger partial charge is 0.388 e. The SMILES string of the molecule is OC(c1cc(F)ccc1F)C1CCN(c2ncc3c(n2)CCCC3)CC1. The van der Waals surface area contributed by atoms with Crippen LogP contribution in [0.1, 0.15) is 48.6 Å². The van der Waals surface area contributed by atoms with Crippen molar-refractivity contribution in [2.75, 3.05) is 18.0 Å². The topological polar surface area (TPSA) is 49.2 Å². The molecular weight excluding hydrogens is 336 g/mol. The molecule has 2 heterocycles. The molecule has 4 nitrogen and oxygen atoms in total. The van der Waals surface area contributed by atoms with E-state index in [9.17, 15) is 13.9 Å². The molecular formula is C20H23F2N3O. The summed E-state index contributed by atoms with van der Waals surface area (Å²) < 4.78 is 27.3. The van der Waals surface area contributed by atoms with E-state index in [1.54, 1.807) is 0 Å². The van der Waals surface area contributed by atoms with Crippen molar-refractivity contribution in [2.24, 2.45) is 5.92 Å². The minimum absolute atomic E-state index is 0.0495. The third-order valence-electron chi connectivity index (χ3n) is 5.60.